The molecule has 0 saturated carbocycles. The van der Waals surface area contributed by atoms with E-state index in [4.69, 9.17) is 14.2 Å². The molecule has 0 saturated heterocycles. The monoisotopic (exact) mass is 389 g/mol. The molecule has 146 valence electrons. The second-order valence-electron chi connectivity index (χ2n) is 5.43. The van der Waals surface area contributed by atoms with E-state index >= 15 is 0 Å². The number of nitrogens with one attached hydrogen (secondary N) is 2. The first-order chi connectivity index (χ1) is 13.5. The number of aromatic nitrogens is 3. The summed E-state index contributed by atoms with van der Waals surface area (Å²) in [6, 6.07) is 6.85. The second-order valence-corrected chi connectivity index (χ2v) is 5.43. The number of anilines is 4. The Morgan fingerprint density at radius 2 is 1.54 bits per heavy atom. The van der Waals surface area contributed by atoms with Crippen molar-refractivity contribution in [2.45, 2.75) is 0 Å². The summed E-state index contributed by atoms with van der Waals surface area (Å²) in [5.41, 5.74) is 0.201. The molecule has 2 aromatic carbocycles. The minimum absolute atomic E-state index is 0.0935. The summed E-state index contributed by atoms with van der Waals surface area (Å²) in [6.45, 7) is 0. The van der Waals surface area contributed by atoms with Crippen LogP contribution in [0.2, 0.25) is 0 Å². The number of methoxy groups -OCH3 is 3. The van der Waals surface area contributed by atoms with Crippen LogP contribution in [-0.4, -0.2) is 36.5 Å². The van der Waals surface area contributed by atoms with E-state index in [2.05, 4.69) is 25.8 Å². The molecule has 2 N–H and O–H groups in total. The van der Waals surface area contributed by atoms with Crippen molar-refractivity contribution >= 4 is 23.1 Å². The zero-order chi connectivity index (χ0) is 20.1. The summed E-state index contributed by atoms with van der Waals surface area (Å²) in [6.07, 6.45) is 1.24. The van der Waals surface area contributed by atoms with E-state index in [0.717, 1.165) is 12.1 Å². The average Bonchev–Trinajstić information content (AvgIpc) is 2.70. The van der Waals surface area contributed by atoms with E-state index in [-0.39, 0.29) is 17.5 Å². The molecule has 0 fully saturated rings. The summed E-state index contributed by atoms with van der Waals surface area (Å²) < 4.78 is 43.4. The molecule has 0 amide bonds. The summed E-state index contributed by atoms with van der Waals surface area (Å²) in [5, 5.41) is 13.1. The van der Waals surface area contributed by atoms with Crippen molar-refractivity contribution in [2.75, 3.05) is 32.0 Å². The molecule has 0 aliphatic heterocycles. The van der Waals surface area contributed by atoms with Crippen LogP contribution in [-0.2, 0) is 0 Å². The predicted molar refractivity (Wildman–Crippen MR) is 98.8 cm³/mol. The van der Waals surface area contributed by atoms with Gasteiger partial charge in [-0.2, -0.15) is 10.1 Å². The maximum absolute atomic E-state index is 13.8. The van der Waals surface area contributed by atoms with Gasteiger partial charge in [0.25, 0.3) is 0 Å². The Hall–Kier alpha value is -3.69. The lowest BCUT2D eigenvalue weighted by Gasteiger charge is -2.14. The van der Waals surface area contributed by atoms with E-state index in [1.54, 1.807) is 12.1 Å². The van der Waals surface area contributed by atoms with E-state index in [9.17, 15) is 8.78 Å². The van der Waals surface area contributed by atoms with Crippen molar-refractivity contribution in [3.63, 3.8) is 0 Å². The van der Waals surface area contributed by atoms with Crippen molar-refractivity contribution < 1.29 is 23.0 Å². The molecule has 1 aromatic heterocycles. The Bertz CT molecular complexity index is 942. The first-order valence-electron chi connectivity index (χ1n) is 8.03. The quantitative estimate of drug-likeness (QED) is 0.633. The van der Waals surface area contributed by atoms with Gasteiger partial charge in [0, 0.05) is 17.8 Å². The first-order valence-corrected chi connectivity index (χ1v) is 8.03. The van der Waals surface area contributed by atoms with Crippen LogP contribution in [0.4, 0.5) is 31.9 Å². The molecule has 3 aromatic rings. The van der Waals surface area contributed by atoms with Crippen molar-refractivity contribution in [1.29, 1.82) is 0 Å². The molecule has 0 radical (unpaired) electrons. The van der Waals surface area contributed by atoms with Gasteiger partial charge in [0.2, 0.25) is 11.7 Å². The van der Waals surface area contributed by atoms with Crippen molar-refractivity contribution in [3.05, 3.63) is 48.2 Å². The maximum atomic E-state index is 13.8. The third-order valence-electron chi connectivity index (χ3n) is 3.70. The Morgan fingerprint density at radius 3 is 2.11 bits per heavy atom. The number of rotatable bonds is 7. The largest absolute Gasteiger partial charge is 0.493 e. The highest BCUT2D eigenvalue weighted by Gasteiger charge is 2.14. The molecule has 0 aliphatic carbocycles. The summed E-state index contributed by atoms with van der Waals surface area (Å²) in [7, 11) is 4.48. The molecule has 1 heterocycles. The fourth-order valence-electron chi connectivity index (χ4n) is 2.44. The second kappa shape index (κ2) is 8.33. The van der Waals surface area contributed by atoms with Crippen LogP contribution >= 0.6 is 0 Å². The Morgan fingerprint density at radius 1 is 0.893 bits per heavy atom. The van der Waals surface area contributed by atoms with Gasteiger partial charge in [-0.1, -0.05) is 6.07 Å². The van der Waals surface area contributed by atoms with Gasteiger partial charge in [-0.25, -0.2) is 8.78 Å². The molecule has 0 spiro atoms. The van der Waals surface area contributed by atoms with Crippen LogP contribution < -0.4 is 24.8 Å². The first kappa shape index (κ1) is 19.1. The Balaban J connectivity index is 1.87. The molecule has 8 nitrogen and oxygen atoms in total. The molecule has 0 atom stereocenters. The molecular formula is C18H17F2N5O3. The number of hydrogen-bond acceptors (Lipinski definition) is 8. The van der Waals surface area contributed by atoms with Crippen molar-refractivity contribution in [3.8, 4) is 17.2 Å². The van der Waals surface area contributed by atoms with Crippen LogP contribution in [0.15, 0.2) is 36.5 Å². The minimum atomic E-state index is -0.752. The minimum Gasteiger partial charge on any atom is -0.493 e. The lowest BCUT2D eigenvalue weighted by molar-refractivity contribution is 0.324. The van der Waals surface area contributed by atoms with Gasteiger partial charge in [0.15, 0.2) is 17.3 Å². The number of hydrogen-bond donors (Lipinski definition) is 2. The molecule has 28 heavy (non-hydrogen) atoms. The van der Waals surface area contributed by atoms with Gasteiger partial charge in [0.05, 0.1) is 27.5 Å². The molecule has 10 heteroatoms. The summed E-state index contributed by atoms with van der Waals surface area (Å²) in [4.78, 5) is 4.16. The number of ether oxygens (including phenoxy) is 3. The zero-order valence-corrected chi connectivity index (χ0v) is 15.3. The highest BCUT2D eigenvalue weighted by atomic mass is 19.1. The normalized spacial score (nSPS) is 10.3. The van der Waals surface area contributed by atoms with E-state index in [1.165, 1.54) is 33.6 Å². The number of benzene rings is 2. The molecule has 0 aliphatic rings. The predicted octanol–water partition coefficient (Wildman–Crippen LogP) is 3.66. The summed E-state index contributed by atoms with van der Waals surface area (Å²) >= 11 is 0. The molecule has 3 rings (SSSR count). The van der Waals surface area contributed by atoms with Crippen molar-refractivity contribution in [2.24, 2.45) is 0 Å². The smallest absolute Gasteiger partial charge is 0.249 e. The fourth-order valence-corrected chi connectivity index (χ4v) is 2.44. The van der Waals surface area contributed by atoms with Gasteiger partial charge < -0.3 is 24.8 Å². The van der Waals surface area contributed by atoms with E-state index < -0.39 is 11.6 Å². The molecule has 0 bridgehead atoms. The van der Waals surface area contributed by atoms with Crippen LogP contribution in [0.25, 0.3) is 0 Å². The maximum Gasteiger partial charge on any atom is 0.249 e. The van der Waals surface area contributed by atoms with Gasteiger partial charge in [0.1, 0.15) is 17.3 Å². The lowest BCUT2D eigenvalue weighted by Crippen LogP contribution is -2.05. The highest BCUT2D eigenvalue weighted by molar-refractivity contribution is 5.66. The van der Waals surface area contributed by atoms with Crippen LogP contribution in [0.1, 0.15) is 0 Å². The van der Waals surface area contributed by atoms with Crippen LogP contribution in [0.3, 0.4) is 0 Å². The summed E-state index contributed by atoms with van der Waals surface area (Å²) in [5.74, 6) is -0.0134. The van der Waals surface area contributed by atoms with Gasteiger partial charge in [-0.15, -0.1) is 5.10 Å². The molecular weight excluding hydrogens is 372 g/mol. The zero-order valence-electron chi connectivity index (χ0n) is 15.3. The Labute approximate surface area is 159 Å². The molecule has 0 unspecified atom stereocenters. The third-order valence-corrected chi connectivity index (χ3v) is 3.70. The average molecular weight is 389 g/mol. The van der Waals surface area contributed by atoms with E-state index in [0.29, 0.717) is 22.9 Å². The van der Waals surface area contributed by atoms with Gasteiger partial charge in [-0.3, -0.25) is 0 Å². The van der Waals surface area contributed by atoms with Crippen LogP contribution in [0.5, 0.6) is 17.2 Å². The van der Waals surface area contributed by atoms with Crippen molar-refractivity contribution in [1.82, 2.24) is 15.2 Å². The fraction of sp³-hybridized carbons (Fsp3) is 0.167. The van der Waals surface area contributed by atoms with Crippen LogP contribution in [0, 0.1) is 11.6 Å². The van der Waals surface area contributed by atoms with E-state index in [1.807, 2.05) is 0 Å². The third kappa shape index (κ3) is 4.00. The Kier molecular flexibility index (Phi) is 5.68. The topological polar surface area (TPSA) is 90.4 Å². The number of halogens is 2. The number of para-hydroxylation sites is 1. The standard InChI is InChI=1S/C18H17F2N5O3/c1-26-13-7-10(8-14(27-2)17(13)28-3)22-18-24-15(9-21-25-18)23-16-11(19)5-4-6-12(16)20/h4-9H,1-3H3,(H2,22,23,24,25). The van der Waals surface area contributed by atoms with Gasteiger partial charge >= 0.3 is 0 Å². The lowest BCUT2D eigenvalue weighted by atomic mass is 10.2. The van der Waals surface area contributed by atoms with Gasteiger partial charge in [-0.05, 0) is 12.1 Å². The number of nitrogens with zero attached hydrogens (tertiary/aromatic N) is 3. The highest BCUT2D eigenvalue weighted by Crippen LogP contribution is 2.40. The SMILES string of the molecule is COc1cc(Nc2nncc(Nc3c(F)cccc3F)n2)cc(OC)c1OC.